The zero-order chi connectivity index (χ0) is 14.0. The van der Waals surface area contributed by atoms with Crippen LogP contribution in [0, 0.1) is 0 Å². The van der Waals surface area contributed by atoms with Crippen LogP contribution in [0.1, 0.15) is 24.0 Å². The molecule has 2 aromatic carbocycles. The Balaban J connectivity index is 1.88. The van der Waals surface area contributed by atoms with E-state index in [4.69, 9.17) is 4.74 Å². The highest BCUT2D eigenvalue weighted by Crippen LogP contribution is 2.16. The fraction of sp³-hybridized carbons (Fsp3) is 0.333. The van der Waals surface area contributed by atoms with Gasteiger partial charge in [0.05, 0.1) is 13.2 Å². The number of nitrogens with one attached hydrogen (secondary N) is 1. The first-order valence-corrected chi connectivity index (χ1v) is 7.27. The van der Waals surface area contributed by atoms with E-state index in [-0.39, 0.29) is 0 Å². The van der Waals surface area contributed by atoms with Crippen LogP contribution in [-0.4, -0.2) is 19.7 Å². The van der Waals surface area contributed by atoms with E-state index in [2.05, 4.69) is 54.7 Å². The van der Waals surface area contributed by atoms with Gasteiger partial charge in [-0.25, -0.2) is 0 Å². The summed E-state index contributed by atoms with van der Waals surface area (Å²) in [4.78, 5) is 0. The zero-order valence-electron chi connectivity index (χ0n) is 12.1. The molecule has 0 saturated carbocycles. The summed E-state index contributed by atoms with van der Waals surface area (Å²) in [6.07, 6.45) is 0. The highest BCUT2D eigenvalue weighted by Gasteiger charge is 2.10. The van der Waals surface area contributed by atoms with E-state index >= 15 is 0 Å². The van der Waals surface area contributed by atoms with E-state index in [1.165, 1.54) is 11.1 Å². The van der Waals surface area contributed by atoms with Crippen molar-refractivity contribution >= 4 is 0 Å². The minimum absolute atomic E-state index is 0.403. The summed E-state index contributed by atoms with van der Waals surface area (Å²) in [7, 11) is 0. The molecule has 106 valence electrons. The first kappa shape index (κ1) is 14.8. The van der Waals surface area contributed by atoms with Gasteiger partial charge in [-0.2, -0.15) is 0 Å². The van der Waals surface area contributed by atoms with Gasteiger partial charge in [0.25, 0.3) is 0 Å². The van der Waals surface area contributed by atoms with Crippen LogP contribution in [0.3, 0.4) is 0 Å². The van der Waals surface area contributed by atoms with Crippen molar-refractivity contribution in [3.05, 3.63) is 71.8 Å². The second-order valence-corrected chi connectivity index (χ2v) is 4.92. The smallest absolute Gasteiger partial charge is 0.0717 e. The van der Waals surface area contributed by atoms with Crippen molar-refractivity contribution in [2.75, 3.05) is 19.7 Å². The maximum Gasteiger partial charge on any atom is 0.0717 e. The molecule has 20 heavy (non-hydrogen) atoms. The lowest BCUT2D eigenvalue weighted by Crippen LogP contribution is -2.24. The Hall–Kier alpha value is -1.64. The number of likely N-dealkylation sites (N-methyl/N-ethyl adjacent to an activating group) is 1. The summed E-state index contributed by atoms with van der Waals surface area (Å²) in [5.74, 6) is 0.403. The van der Waals surface area contributed by atoms with Crippen LogP contribution in [-0.2, 0) is 11.3 Å². The normalized spacial score (nSPS) is 12.2. The van der Waals surface area contributed by atoms with Crippen LogP contribution in [0.2, 0.25) is 0 Å². The van der Waals surface area contributed by atoms with Gasteiger partial charge >= 0.3 is 0 Å². The first-order valence-electron chi connectivity index (χ1n) is 7.27. The summed E-state index contributed by atoms with van der Waals surface area (Å²) >= 11 is 0. The Morgan fingerprint density at radius 1 is 0.950 bits per heavy atom. The Bertz CT molecular complexity index is 469. The molecule has 1 N–H and O–H groups in total. The molecule has 0 heterocycles. The van der Waals surface area contributed by atoms with Crippen LogP contribution in [0.25, 0.3) is 0 Å². The molecule has 0 aromatic heterocycles. The molecule has 1 atom stereocenters. The second-order valence-electron chi connectivity index (χ2n) is 4.92. The molecule has 1 unspecified atom stereocenters. The summed E-state index contributed by atoms with van der Waals surface area (Å²) in [6, 6.07) is 20.9. The SMILES string of the molecule is CCNCC(COCc1ccccc1)c1ccccc1. The predicted octanol–water partition coefficient (Wildman–Crippen LogP) is 3.60. The average molecular weight is 269 g/mol. The summed E-state index contributed by atoms with van der Waals surface area (Å²) in [5, 5.41) is 3.42. The van der Waals surface area contributed by atoms with Crippen LogP contribution in [0.15, 0.2) is 60.7 Å². The van der Waals surface area contributed by atoms with E-state index in [9.17, 15) is 0 Å². The predicted molar refractivity (Wildman–Crippen MR) is 83.8 cm³/mol. The Morgan fingerprint density at radius 2 is 1.60 bits per heavy atom. The van der Waals surface area contributed by atoms with Gasteiger partial charge in [-0.3, -0.25) is 0 Å². The molecule has 0 amide bonds. The number of hydrogen-bond donors (Lipinski definition) is 1. The first-order chi connectivity index (χ1) is 9.90. The van der Waals surface area contributed by atoms with Crippen LogP contribution in [0.4, 0.5) is 0 Å². The van der Waals surface area contributed by atoms with Gasteiger partial charge in [0.1, 0.15) is 0 Å². The van der Waals surface area contributed by atoms with Gasteiger partial charge in [-0.15, -0.1) is 0 Å². The average Bonchev–Trinajstić information content (AvgIpc) is 2.52. The molecule has 0 fully saturated rings. The summed E-state index contributed by atoms with van der Waals surface area (Å²) in [5.41, 5.74) is 2.56. The zero-order valence-corrected chi connectivity index (χ0v) is 12.1. The summed E-state index contributed by atoms with van der Waals surface area (Å²) in [6.45, 7) is 5.49. The third kappa shape index (κ3) is 4.80. The van der Waals surface area contributed by atoms with E-state index in [1.54, 1.807) is 0 Å². The highest BCUT2D eigenvalue weighted by atomic mass is 16.5. The minimum atomic E-state index is 0.403. The van der Waals surface area contributed by atoms with Gasteiger partial charge in [0.2, 0.25) is 0 Å². The molecule has 2 heteroatoms. The van der Waals surface area contributed by atoms with Gasteiger partial charge in [0.15, 0.2) is 0 Å². The molecular formula is C18H23NO. The van der Waals surface area contributed by atoms with Crippen LogP contribution >= 0.6 is 0 Å². The van der Waals surface area contributed by atoms with Gasteiger partial charge in [0, 0.05) is 12.5 Å². The quantitative estimate of drug-likeness (QED) is 0.790. The molecule has 0 saturated heterocycles. The number of rotatable bonds is 8. The molecule has 2 aromatic rings. The highest BCUT2D eigenvalue weighted by molar-refractivity contribution is 5.20. The molecule has 0 aliphatic rings. The van der Waals surface area contributed by atoms with Gasteiger partial charge in [-0.1, -0.05) is 67.6 Å². The van der Waals surface area contributed by atoms with E-state index < -0.39 is 0 Å². The lowest BCUT2D eigenvalue weighted by atomic mass is 10.00. The third-order valence-corrected chi connectivity index (χ3v) is 3.34. The van der Waals surface area contributed by atoms with Crippen molar-refractivity contribution in [1.29, 1.82) is 0 Å². The van der Waals surface area contributed by atoms with Crippen molar-refractivity contribution in [2.45, 2.75) is 19.4 Å². The maximum atomic E-state index is 5.89. The molecule has 2 nitrogen and oxygen atoms in total. The standard InChI is InChI=1S/C18H23NO/c1-2-19-13-18(17-11-7-4-8-12-17)15-20-14-16-9-5-3-6-10-16/h3-12,18-19H,2,13-15H2,1H3. The number of hydrogen-bond acceptors (Lipinski definition) is 2. The Labute approximate surface area is 121 Å². The van der Waals surface area contributed by atoms with Crippen molar-refractivity contribution in [3.8, 4) is 0 Å². The molecular weight excluding hydrogens is 246 g/mol. The van der Waals surface area contributed by atoms with Crippen molar-refractivity contribution in [1.82, 2.24) is 5.32 Å². The van der Waals surface area contributed by atoms with E-state index in [0.29, 0.717) is 12.5 Å². The monoisotopic (exact) mass is 269 g/mol. The van der Waals surface area contributed by atoms with E-state index in [1.807, 2.05) is 18.2 Å². The second kappa shape index (κ2) is 8.51. The van der Waals surface area contributed by atoms with Crippen LogP contribution < -0.4 is 5.32 Å². The fourth-order valence-electron chi connectivity index (χ4n) is 2.21. The van der Waals surface area contributed by atoms with Crippen molar-refractivity contribution in [3.63, 3.8) is 0 Å². The third-order valence-electron chi connectivity index (χ3n) is 3.34. The molecule has 2 rings (SSSR count). The number of ether oxygens (including phenoxy) is 1. The molecule has 0 aliphatic heterocycles. The van der Waals surface area contributed by atoms with Crippen LogP contribution in [0.5, 0.6) is 0 Å². The van der Waals surface area contributed by atoms with Gasteiger partial charge in [-0.05, 0) is 17.7 Å². The fourth-order valence-corrected chi connectivity index (χ4v) is 2.21. The lowest BCUT2D eigenvalue weighted by molar-refractivity contribution is 0.106. The van der Waals surface area contributed by atoms with Gasteiger partial charge < -0.3 is 10.1 Å². The van der Waals surface area contributed by atoms with Crippen molar-refractivity contribution in [2.24, 2.45) is 0 Å². The minimum Gasteiger partial charge on any atom is -0.376 e. The molecule has 0 radical (unpaired) electrons. The molecule has 0 aliphatic carbocycles. The largest absolute Gasteiger partial charge is 0.376 e. The van der Waals surface area contributed by atoms with E-state index in [0.717, 1.165) is 19.7 Å². The maximum absolute atomic E-state index is 5.89. The topological polar surface area (TPSA) is 21.3 Å². The van der Waals surface area contributed by atoms with Crippen molar-refractivity contribution < 1.29 is 4.74 Å². The lowest BCUT2D eigenvalue weighted by Gasteiger charge is -2.18. The number of benzene rings is 2. The molecule has 0 spiro atoms. The Kier molecular flexibility index (Phi) is 6.28. The molecule has 0 bridgehead atoms. The Morgan fingerprint density at radius 3 is 2.25 bits per heavy atom. The summed E-state index contributed by atoms with van der Waals surface area (Å²) < 4.78 is 5.89.